The Hall–Kier alpha value is -1.69. The normalized spacial score (nSPS) is 17.0. The number of sulfonamides is 1. The lowest BCUT2D eigenvalue weighted by Gasteiger charge is -2.34. The molecular formula is C19H24N2O2S. The number of nitrogens with zero attached hydrogens (tertiary/aromatic N) is 2. The lowest BCUT2D eigenvalue weighted by molar-refractivity contribution is 0.190. The molecule has 0 aliphatic carbocycles. The molecule has 4 nitrogen and oxygen atoms in total. The van der Waals surface area contributed by atoms with E-state index in [2.05, 4.69) is 29.2 Å². The minimum Gasteiger partial charge on any atom is -0.300 e. The molecule has 5 heteroatoms. The van der Waals surface area contributed by atoms with Gasteiger partial charge in [0.15, 0.2) is 0 Å². The standard InChI is InChI=1S/C19H24N2O2S/c1-17-7-5-6-10-19(17)24(22,23)21-15-13-20(14-16-21)12-11-18-8-3-2-4-9-18/h2-10H,11-16H2,1H3. The Balaban J connectivity index is 1.58. The van der Waals surface area contributed by atoms with Crippen LogP contribution in [0, 0.1) is 6.92 Å². The largest absolute Gasteiger partial charge is 0.300 e. The number of rotatable bonds is 5. The number of hydrogen-bond donors (Lipinski definition) is 0. The van der Waals surface area contributed by atoms with Crippen molar-refractivity contribution >= 4 is 10.0 Å². The first-order valence-electron chi connectivity index (χ1n) is 8.39. The summed E-state index contributed by atoms with van der Waals surface area (Å²) >= 11 is 0. The van der Waals surface area contributed by atoms with Crippen molar-refractivity contribution in [3.63, 3.8) is 0 Å². The summed E-state index contributed by atoms with van der Waals surface area (Å²) in [7, 11) is -3.38. The zero-order valence-electron chi connectivity index (χ0n) is 14.1. The highest BCUT2D eigenvalue weighted by molar-refractivity contribution is 7.89. The van der Waals surface area contributed by atoms with Gasteiger partial charge in [0.25, 0.3) is 0 Å². The average Bonchev–Trinajstić information content (AvgIpc) is 2.61. The Bertz CT molecular complexity index is 767. The summed E-state index contributed by atoms with van der Waals surface area (Å²) in [6.45, 7) is 5.53. The first kappa shape index (κ1) is 17.1. The molecule has 24 heavy (non-hydrogen) atoms. The molecule has 0 aromatic heterocycles. The molecule has 0 N–H and O–H groups in total. The van der Waals surface area contributed by atoms with Gasteiger partial charge in [0.05, 0.1) is 4.90 Å². The minimum atomic E-state index is -3.38. The first-order chi connectivity index (χ1) is 11.6. The summed E-state index contributed by atoms with van der Waals surface area (Å²) < 4.78 is 27.2. The van der Waals surface area contributed by atoms with Gasteiger partial charge >= 0.3 is 0 Å². The molecular weight excluding hydrogens is 320 g/mol. The van der Waals surface area contributed by atoms with Gasteiger partial charge in [0, 0.05) is 32.7 Å². The van der Waals surface area contributed by atoms with E-state index in [0.29, 0.717) is 18.0 Å². The Morgan fingerprint density at radius 3 is 2.17 bits per heavy atom. The Morgan fingerprint density at radius 2 is 1.50 bits per heavy atom. The molecule has 1 aliphatic heterocycles. The smallest absolute Gasteiger partial charge is 0.243 e. The number of benzene rings is 2. The highest BCUT2D eigenvalue weighted by Gasteiger charge is 2.29. The van der Waals surface area contributed by atoms with E-state index < -0.39 is 10.0 Å². The van der Waals surface area contributed by atoms with E-state index in [1.165, 1.54) is 5.56 Å². The van der Waals surface area contributed by atoms with Crippen LogP contribution in [0.15, 0.2) is 59.5 Å². The van der Waals surface area contributed by atoms with E-state index in [-0.39, 0.29) is 0 Å². The molecule has 0 radical (unpaired) electrons. The zero-order valence-corrected chi connectivity index (χ0v) is 14.9. The van der Waals surface area contributed by atoms with Crippen molar-refractivity contribution in [2.45, 2.75) is 18.2 Å². The Labute approximate surface area is 144 Å². The SMILES string of the molecule is Cc1ccccc1S(=O)(=O)N1CCN(CCc2ccccc2)CC1. The molecule has 2 aromatic carbocycles. The van der Waals surface area contributed by atoms with Gasteiger partial charge in [-0.3, -0.25) is 0 Å². The number of piperazine rings is 1. The van der Waals surface area contributed by atoms with Crippen LogP contribution in [0.5, 0.6) is 0 Å². The molecule has 0 unspecified atom stereocenters. The molecule has 3 rings (SSSR count). The summed E-state index contributed by atoms with van der Waals surface area (Å²) in [5.41, 5.74) is 2.14. The molecule has 1 aliphatic rings. The monoisotopic (exact) mass is 344 g/mol. The molecule has 0 amide bonds. The molecule has 0 spiro atoms. The van der Waals surface area contributed by atoms with Crippen LogP contribution < -0.4 is 0 Å². The van der Waals surface area contributed by atoms with Crippen LogP contribution in [0.3, 0.4) is 0 Å². The lowest BCUT2D eigenvalue weighted by Crippen LogP contribution is -2.49. The predicted molar refractivity (Wildman–Crippen MR) is 96.5 cm³/mol. The van der Waals surface area contributed by atoms with Crippen molar-refractivity contribution < 1.29 is 8.42 Å². The van der Waals surface area contributed by atoms with Crippen LogP contribution in [0.1, 0.15) is 11.1 Å². The molecule has 2 aromatic rings. The fourth-order valence-corrected chi connectivity index (χ4v) is 4.76. The predicted octanol–water partition coefficient (Wildman–Crippen LogP) is 2.54. The van der Waals surface area contributed by atoms with Gasteiger partial charge in [0.1, 0.15) is 0 Å². The second-order valence-corrected chi connectivity index (χ2v) is 8.15. The van der Waals surface area contributed by atoms with E-state index in [1.807, 2.05) is 25.1 Å². The van der Waals surface area contributed by atoms with Crippen molar-refractivity contribution in [1.29, 1.82) is 0 Å². The van der Waals surface area contributed by atoms with E-state index in [1.54, 1.807) is 16.4 Å². The highest BCUT2D eigenvalue weighted by atomic mass is 32.2. The van der Waals surface area contributed by atoms with E-state index >= 15 is 0 Å². The van der Waals surface area contributed by atoms with Gasteiger partial charge in [-0.05, 0) is 30.5 Å². The van der Waals surface area contributed by atoms with Crippen LogP contribution in [-0.2, 0) is 16.4 Å². The van der Waals surface area contributed by atoms with Crippen LogP contribution in [0.4, 0.5) is 0 Å². The van der Waals surface area contributed by atoms with E-state index in [9.17, 15) is 8.42 Å². The zero-order chi connectivity index (χ0) is 17.0. The minimum absolute atomic E-state index is 0.433. The molecule has 128 valence electrons. The maximum atomic E-state index is 12.8. The van der Waals surface area contributed by atoms with Gasteiger partial charge < -0.3 is 4.90 Å². The van der Waals surface area contributed by atoms with E-state index in [0.717, 1.165) is 31.6 Å². The van der Waals surface area contributed by atoms with E-state index in [4.69, 9.17) is 0 Å². The third-order valence-corrected chi connectivity index (χ3v) is 6.66. The molecule has 0 atom stereocenters. The third kappa shape index (κ3) is 3.86. The highest BCUT2D eigenvalue weighted by Crippen LogP contribution is 2.20. The molecule has 0 saturated carbocycles. The maximum Gasteiger partial charge on any atom is 0.243 e. The molecule has 1 heterocycles. The summed E-state index contributed by atoms with van der Waals surface area (Å²) in [5.74, 6) is 0. The molecule has 1 saturated heterocycles. The number of hydrogen-bond acceptors (Lipinski definition) is 3. The quantitative estimate of drug-likeness (QED) is 0.837. The van der Waals surface area contributed by atoms with Gasteiger partial charge in [-0.15, -0.1) is 0 Å². The second kappa shape index (κ2) is 7.47. The second-order valence-electron chi connectivity index (χ2n) is 6.25. The average molecular weight is 344 g/mol. The van der Waals surface area contributed by atoms with Crippen LogP contribution >= 0.6 is 0 Å². The lowest BCUT2D eigenvalue weighted by atomic mass is 10.1. The van der Waals surface area contributed by atoms with Gasteiger partial charge in [0.2, 0.25) is 10.0 Å². The summed E-state index contributed by atoms with van der Waals surface area (Å²) in [4.78, 5) is 2.78. The maximum absolute atomic E-state index is 12.8. The van der Waals surface area contributed by atoms with Crippen molar-refractivity contribution in [3.8, 4) is 0 Å². The molecule has 1 fully saturated rings. The van der Waals surface area contributed by atoms with Crippen LogP contribution in [0.25, 0.3) is 0 Å². The van der Waals surface area contributed by atoms with Crippen molar-refractivity contribution in [1.82, 2.24) is 9.21 Å². The Kier molecular flexibility index (Phi) is 5.33. The fraction of sp³-hybridized carbons (Fsp3) is 0.368. The fourth-order valence-electron chi connectivity index (χ4n) is 3.11. The first-order valence-corrected chi connectivity index (χ1v) is 9.83. The van der Waals surface area contributed by atoms with Crippen LogP contribution in [-0.4, -0.2) is 50.3 Å². The summed E-state index contributed by atoms with van der Waals surface area (Å²) in [5, 5.41) is 0. The van der Waals surface area contributed by atoms with Crippen molar-refractivity contribution in [3.05, 3.63) is 65.7 Å². The summed E-state index contributed by atoms with van der Waals surface area (Å²) in [6.07, 6.45) is 1.01. The Morgan fingerprint density at radius 1 is 0.875 bits per heavy atom. The van der Waals surface area contributed by atoms with Gasteiger partial charge in [-0.25, -0.2) is 8.42 Å². The number of aryl methyl sites for hydroxylation is 1. The van der Waals surface area contributed by atoms with Gasteiger partial charge in [-0.1, -0.05) is 48.5 Å². The van der Waals surface area contributed by atoms with Gasteiger partial charge in [-0.2, -0.15) is 4.31 Å². The van der Waals surface area contributed by atoms with Crippen LogP contribution in [0.2, 0.25) is 0 Å². The van der Waals surface area contributed by atoms with Crippen molar-refractivity contribution in [2.24, 2.45) is 0 Å². The summed E-state index contributed by atoms with van der Waals surface area (Å²) in [6, 6.07) is 17.6. The van der Waals surface area contributed by atoms with Crippen molar-refractivity contribution in [2.75, 3.05) is 32.7 Å². The topological polar surface area (TPSA) is 40.6 Å². The molecule has 0 bridgehead atoms. The third-order valence-electron chi connectivity index (χ3n) is 4.60.